The van der Waals surface area contributed by atoms with Gasteiger partial charge in [-0.05, 0) is 11.5 Å². The van der Waals surface area contributed by atoms with Crippen molar-refractivity contribution in [2.75, 3.05) is 11.5 Å². The molecule has 4 heteroatoms. The molecule has 2 rings (SSSR count). The lowest BCUT2D eigenvalue weighted by Gasteiger charge is -2.03. The fraction of sp³-hybridized carbons (Fsp3) is 0.0833. The van der Waals surface area contributed by atoms with Gasteiger partial charge in [0.1, 0.15) is 0 Å². The average Bonchev–Trinajstić information content (AvgIpc) is 2.23. The molecule has 0 aliphatic rings. The maximum atomic E-state index is 9.00. The third-order valence-corrected chi connectivity index (χ3v) is 2.00. The second-order valence-electron chi connectivity index (χ2n) is 3.31. The molecule has 0 bridgehead atoms. The molecule has 0 aliphatic heterocycles. The van der Waals surface area contributed by atoms with E-state index < -0.39 is 5.97 Å². The lowest BCUT2D eigenvalue weighted by molar-refractivity contribution is -0.134. The molecule has 0 aromatic heterocycles. The predicted molar refractivity (Wildman–Crippen MR) is 66.1 cm³/mol. The van der Waals surface area contributed by atoms with Gasteiger partial charge >= 0.3 is 0 Å². The fourth-order valence-corrected chi connectivity index (χ4v) is 1.31. The quantitative estimate of drug-likeness (QED) is 0.591. The van der Waals surface area contributed by atoms with Crippen LogP contribution < -0.4 is 11.5 Å². The van der Waals surface area contributed by atoms with Crippen molar-refractivity contribution in [2.24, 2.45) is 0 Å². The number of benzene rings is 2. The maximum absolute atomic E-state index is 9.00. The van der Waals surface area contributed by atoms with Gasteiger partial charge < -0.3 is 16.6 Å². The zero-order valence-corrected chi connectivity index (χ0v) is 8.97. The van der Waals surface area contributed by atoms with Crippen molar-refractivity contribution in [2.45, 2.75) is 6.92 Å². The van der Waals surface area contributed by atoms with E-state index in [1.54, 1.807) is 0 Å². The molecule has 2 aromatic carbocycles. The Hall–Kier alpha value is -2.23. The smallest absolute Gasteiger partial charge is 0.300 e. The van der Waals surface area contributed by atoms with Crippen molar-refractivity contribution in [3.8, 4) is 0 Å². The molecule has 84 valence electrons. The number of anilines is 2. The Morgan fingerprint density at radius 1 is 1.12 bits per heavy atom. The van der Waals surface area contributed by atoms with Crippen LogP contribution in [0, 0.1) is 0 Å². The number of carboxylic acids is 1. The lowest BCUT2D eigenvalue weighted by atomic mass is 10.1. The minimum atomic E-state index is -0.833. The summed E-state index contributed by atoms with van der Waals surface area (Å²) in [5.41, 5.74) is 12.8. The highest BCUT2D eigenvalue weighted by Gasteiger charge is 1.98. The van der Waals surface area contributed by atoms with Crippen LogP contribution in [-0.4, -0.2) is 11.1 Å². The Morgan fingerprint density at radius 2 is 1.69 bits per heavy atom. The molecular formula is C12H14N2O2. The summed E-state index contributed by atoms with van der Waals surface area (Å²) in [6.45, 7) is 1.08. The summed E-state index contributed by atoms with van der Waals surface area (Å²) < 4.78 is 0. The van der Waals surface area contributed by atoms with Crippen molar-refractivity contribution in [1.29, 1.82) is 0 Å². The molecule has 0 unspecified atom stereocenters. The number of fused-ring (bicyclic) bond motifs is 1. The summed E-state index contributed by atoms with van der Waals surface area (Å²) in [7, 11) is 0. The summed E-state index contributed by atoms with van der Waals surface area (Å²) in [6, 6.07) is 11.7. The van der Waals surface area contributed by atoms with Crippen LogP contribution in [0.5, 0.6) is 0 Å². The van der Waals surface area contributed by atoms with E-state index >= 15 is 0 Å². The summed E-state index contributed by atoms with van der Waals surface area (Å²) in [5.74, 6) is -0.833. The van der Waals surface area contributed by atoms with Gasteiger partial charge in [0.25, 0.3) is 5.97 Å². The number of carbonyl (C=O) groups is 1. The first-order chi connectivity index (χ1) is 7.52. The zero-order chi connectivity index (χ0) is 12.1. The Bertz CT molecular complexity index is 505. The first kappa shape index (κ1) is 11.8. The first-order valence-electron chi connectivity index (χ1n) is 4.74. The van der Waals surface area contributed by atoms with Crippen molar-refractivity contribution in [3.05, 3.63) is 36.4 Å². The van der Waals surface area contributed by atoms with Gasteiger partial charge in [0.2, 0.25) is 0 Å². The van der Waals surface area contributed by atoms with Crippen LogP contribution in [-0.2, 0) is 4.79 Å². The summed E-state index contributed by atoms with van der Waals surface area (Å²) >= 11 is 0. The number of hydrogen-bond acceptors (Lipinski definition) is 3. The van der Waals surface area contributed by atoms with Crippen molar-refractivity contribution in [1.82, 2.24) is 0 Å². The Labute approximate surface area is 93.5 Å². The minimum absolute atomic E-state index is 0.647. The first-order valence-corrected chi connectivity index (χ1v) is 4.74. The third kappa shape index (κ3) is 2.88. The molecule has 0 fully saturated rings. The van der Waals surface area contributed by atoms with Crippen LogP contribution in [0.25, 0.3) is 10.8 Å². The zero-order valence-electron chi connectivity index (χ0n) is 8.97. The molecule has 5 N–H and O–H groups in total. The molecule has 0 amide bonds. The van der Waals surface area contributed by atoms with Gasteiger partial charge in [-0.15, -0.1) is 0 Å². The van der Waals surface area contributed by atoms with Crippen molar-refractivity contribution >= 4 is 28.1 Å². The molecule has 0 heterocycles. The fourth-order valence-electron chi connectivity index (χ4n) is 1.31. The number of nitrogen functional groups attached to an aromatic ring is 2. The Balaban J connectivity index is 0.000000280. The highest BCUT2D eigenvalue weighted by molar-refractivity contribution is 5.98. The van der Waals surface area contributed by atoms with Gasteiger partial charge in [0, 0.05) is 12.3 Å². The van der Waals surface area contributed by atoms with Gasteiger partial charge in [-0.3, -0.25) is 4.79 Å². The molecule has 0 aliphatic carbocycles. The van der Waals surface area contributed by atoms with Crippen molar-refractivity contribution < 1.29 is 9.90 Å². The molecule has 16 heavy (non-hydrogen) atoms. The van der Waals surface area contributed by atoms with Crippen LogP contribution in [0.1, 0.15) is 6.92 Å². The van der Waals surface area contributed by atoms with Crippen molar-refractivity contribution in [3.63, 3.8) is 0 Å². The monoisotopic (exact) mass is 218 g/mol. The van der Waals surface area contributed by atoms with E-state index in [1.807, 2.05) is 36.4 Å². The van der Waals surface area contributed by atoms with Gasteiger partial charge in [0.05, 0.1) is 11.4 Å². The largest absolute Gasteiger partial charge is 0.481 e. The molecule has 2 aromatic rings. The summed E-state index contributed by atoms with van der Waals surface area (Å²) in [6.07, 6.45) is 0. The molecule has 0 saturated carbocycles. The van der Waals surface area contributed by atoms with E-state index in [0.717, 1.165) is 17.7 Å². The van der Waals surface area contributed by atoms with E-state index in [0.29, 0.717) is 11.4 Å². The van der Waals surface area contributed by atoms with Gasteiger partial charge in [-0.1, -0.05) is 30.3 Å². The van der Waals surface area contributed by atoms with Gasteiger partial charge in [0.15, 0.2) is 0 Å². The third-order valence-electron chi connectivity index (χ3n) is 2.00. The van der Waals surface area contributed by atoms with Crippen LogP contribution in [0.3, 0.4) is 0 Å². The van der Waals surface area contributed by atoms with Crippen LogP contribution in [0.2, 0.25) is 0 Å². The van der Waals surface area contributed by atoms with E-state index in [4.69, 9.17) is 21.4 Å². The number of aliphatic carboxylic acids is 1. The average molecular weight is 218 g/mol. The van der Waals surface area contributed by atoms with Crippen LogP contribution in [0.4, 0.5) is 11.4 Å². The predicted octanol–water partition coefficient (Wildman–Crippen LogP) is 2.10. The van der Waals surface area contributed by atoms with E-state index in [-0.39, 0.29) is 0 Å². The van der Waals surface area contributed by atoms with E-state index in [2.05, 4.69) is 0 Å². The summed E-state index contributed by atoms with van der Waals surface area (Å²) in [4.78, 5) is 9.00. The van der Waals surface area contributed by atoms with E-state index in [9.17, 15) is 0 Å². The molecule has 0 atom stereocenters. The molecular weight excluding hydrogens is 204 g/mol. The Kier molecular flexibility index (Phi) is 3.72. The van der Waals surface area contributed by atoms with Gasteiger partial charge in [-0.25, -0.2) is 0 Å². The highest BCUT2D eigenvalue weighted by Crippen LogP contribution is 2.25. The number of hydrogen-bond donors (Lipinski definition) is 3. The number of nitrogens with two attached hydrogens (primary N) is 2. The molecule has 0 spiro atoms. The Morgan fingerprint density at radius 3 is 2.31 bits per heavy atom. The van der Waals surface area contributed by atoms with Crippen LogP contribution in [0.15, 0.2) is 36.4 Å². The number of carboxylic acid groups (broad SMARTS) is 1. The maximum Gasteiger partial charge on any atom is 0.300 e. The molecule has 4 nitrogen and oxygen atoms in total. The standard InChI is InChI=1S/C10H10N2.C2H4O2/c11-9-6-5-7-3-1-2-4-8(7)10(9)12;1-2(3)4/h1-6H,11-12H2;1H3,(H,3,4). The van der Waals surface area contributed by atoms with E-state index in [1.165, 1.54) is 0 Å². The number of rotatable bonds is 0. The van der Waals surface area contributed by atoms with Crippen LogP contribution >= 0.6 is 0 Å². The highest BCUT2D eigenvalue weighted by atomic mass is 16.4. The van der Waals surface area contributed by atoms with Gasteiger partial charge in [-0.2, -0.15) is 0 Å². The second kappa shape index (κ2) is 5.02. The molecule has 0 saturated heterocycles. The minimum Gasteiger partial charge on any atom is -0.481 e. The SMILES string of the molecule is CC(=O)O.Nc1ccc2ccccc2c1N. The lowest BCUT2D eigenvalue weighted by Crippen LogP contribution is -1.94. The normalized spacial score (nSPS) is 9.31. The second-order valence-corrected chi connectivity index (χ2v) is 3.31. The molecule has 0 radical (unpaired) electrons. The topological polar surface area (TPSA) is 89.3 Å². The summed E-state index contributed by atoms with van der Waals surface area (Å²) in [5, 5.41) is 9.57.